The number of methoxy groups -OCH3 is 1. The summed E-state index contributed by atoms with van der Waals surface area (Å²) in [6.45, 7) is 1.64. The van der Waals surface area contributed by atoms with Gasteiger partial charge < -0.3 is 15.0 Å². The molecule has 2 amide bonds. The maximum Gasteiger partial charge on any atom is 0.255 e. The van der Waals surface area contributed by atoms with Gasteiger partial charge in [-0.05, 0) is 25.1 Å². The van der Waals surface area contributed by atoms with Crippen molar-refractivity contribution in [1.82, 2.24) is 10.2 Å². The lowest BCUT2D eigenvalue weighted by Gasteiger charge is -2.18. The molecule has 0 aliphatic rings. The molecule has 1 atom stereocenters. The lowest BCUT2D eigenvalue weighted by atomic mass is 10.1. The number of carbonyl (C=O) groups excluding carboxylic acids is 2. The second kappa shape index (κ2) is 6.56. The first-order chi connectivity index (χ1) is 8.86. The predicted molar refractivity (Wildman–Crippen MR) is 76.3 cm³/mol. The average Bonchev–Trinajstić information content (AvgIpc) is 2.37. The SMILES string of the molecule is COc1ccc(Br)cc1C(=O)NC(C)C(=O)N(C)C. The molecule has 0 radical (unpaired) electrons. The van der Waals surface area contributed by atoms with E-state index in [9.17, 15) is 9.59 Å². The Morgan fingerprint density at radius 3 is 2.53 bits per heavy atom. The standard InChI is InChI=1S/C13H17BrN2O3/c1-8(13(18)16(2)3)15-12(17)10-7-9(14)5-6-11(10)19-4/h5-8H,1-4H3,(H,15,17). The summed E-state index contributed by atoms with van der Waals surface area (Å²) in [6, 6.07) is 4.54. The molecule has 0 aromatic heterocycles. The normalized spacial score (nSPS) is 11.6. The van der Waals surface area contributed by atoms with Gasteiger partial charge in [-0.2, -0.15) is 0 Å². The molecule has 0 bridgehead atoms. The molecule has 5 nitrogen and oxygen atoms in total. The first-order valence-corrected chi connectivity index (χ1v) is 6.51. The van der Waals surface area contributed by atoms with Gasteiger partial charge in [0.2, 0.25) is 5.91 Å². The number of nitrogens with zero attached hydrogens (tertiary/aromatic N) is 1. The molecule has 0 saturated carbocycles. The van der Waals surface area contributed by atoms with Crippen LogP contribution in [-0.2, 0) is 4.79 Å². The summed E-state index contributed by atoms with van der Waals surface area (Å²) in [5.41, 5.74) is 0.385. The summed E-state index contributed by atoms with van der Waals surface area (Å²) in [5, 5.41) is 2.65. The molecule has 104 valence electrons. The Morgan fingerprint density at radius 2 is 2.00 bits per heavy atom. The number of amides is 2. The van der Waals surface area contributed by atoms with E-state index in [1.54, 1.807) is 39.2 Å². The number of rotatable bonds is 4. The van der Waals surface area contributed by atoms with E-state index in [0.717, 1.165) is 4.47 Å². The number of nitrogens with one attached hydrogen (secondary N) is 1. The number of benzene rings is 1. The summed E-state index contributed by atoms with van der Waals surface area (Å²) < 4.78 is 5.90. The van der Waals surface area contributed by atoms with Gasteiger partial charge in [0.05, 0.1) is 12.7 Å². The highest BCUT2D eigenvalue weighted by Gasteiger charge is 2.20. The average molecular weight is 329 g/mol. The van der Waals surface area contributed by atoms with Crippen molar-refractivity contribution in [2.45, 2.75) is 13.0 Å². The third-order valence-corrected chi connectivity index (χ3v) is 3.06. The van der Waals surface area contributed by atoms with Gasteiger partial charge in [-0.15, -0.1) is 0 Å². The second-order valence-corrected chi connectivity index (χ2v) is 5.19. The highest BCUT2D eigenvalue weighted by Crippen LogP contribution is 2.22. The Labute approximate surface area is 121 Å². The van der Waals surface area contributed by atoms with Crippen LogP contribution in [0.25, 0.3) is 0 Å². The summed E-state index contributed by atoms with van der Waals surface area (Å²) >= 11 is 3.30. The van der Waals surface area contributed by atoms with Crippen molar-refractivity contribution in [3.8, 4) is 5.75 Å². The Kier molecular flexibility index (Phi) is 5.35. The lowest BCUT2D eigenvalue weighted by molar-refractivity contribution is -0.130. The van der Waals surface area contributed by atoms with Gasteiger partial charge in [0.15, 0.2) is 0 Å². The van der Waals surface area contributed by atoms with E-state index in [2.05, 4.69) is 21.2 Å². The number of hydrogen-bond acceptors (Lipinski definition) is 3. The summed E-state index contributed by atoms with van der Waals surface area (Å²) in [7, 11) is 4.78. The van der Waals surface area contributed by atoms with Crippen LogP contribution in [0.3, 0.4) is 0 Å². The van der Waals surface area contributed by atoms with E-state index in [4.69, 9.17) is 4.74 Å². The van der Waals surface area contributed by atoms with Crippen molar-refractivity contribution >= 4 is 27.7 Å². The number of likely N-dealkylation sites (N-methyl/N-ethyl adjacent to an activating group) is 1. The third-order valence-electron chi connectivity index (χ3n) is 2.56. The lowest BCUT2D eigenvalue weighted by Crippen LogP contribution is -2.44. The van der Waals surface area contributed by atoms with Crippen LogP contribution in [0.2, 0.25) is 0 Å². The fraction of sp³-hybridized carbons (Fsp3) is 0.385. The molecule has 0 aliphatic carbocycles. The van der Waals surface area contributed by atoms with Crippen LogP contribution in [0.4, 0.5) is 0 Å². The minimum Gasteiger partial charge on any atom is -0.496 e. The quantitative estimate of drug-likeness (QED) is 0.914. The van der Waals surface area contributed by atoms with Crippen molar-refractivity contribution in [2.75, 3.05) is 21.2 Å². The molecule has 1 N–H and O–H groups in total. The van der Waals surface area contributed by atoms with Crippen LogP contribution in [0.5, 0.6) is 5.75 Å². The highest BCUT2D eigenvalue weighted by atomic mass is 79.9. The van der Waals surface area contributed by atoms with Gasteiger partial charge in [-0.1, -0.05) is 15.9 Å². The van der Waals surface area contributed by atoms with Crippen LogP contribution >= 0.6 is 15.9 Å². The number of carbonyl (C=O) groups is 2. The molecule has 0 heterocycles. The van der Waals surface area contributed by atoms with Gasteiger partial charge in [-0.3, -0.25) is 9.59 Å². The molecule has 0 fully saturated rings. The number of hydrogen-bond donors (Lipinski definition) is 1. The number of halogens is 1. The van der Waals surface area contributed by atoms with Crippen LogP contribution in [-0.4, -0.2) is 44.0 Å². The summed E-state index contributed by atoms with van der Waals surface area (Å²) in [6.07, 6.45) is 0. The maximum absolute atomic E-state index is 12.1. The minimum atomic E-state index is -0.591. The van der Waals surface area contributed by atoms with Crippen molar-refractivity contribution in [1.29, 1.82) is 0 Å². The first-order valence-electron chi connectivity index (χ1n) is 5.72. The van der Waals surface area contributed by atoms with Crippen molar-refractivity contribution < 1.29 is 14.3 Å². The molecule has 1 unspecified atom stereocenters. The van der Waals surface area contributed by atoms with E-state index in [1.165, 1.54) is 12.0 Å². The highest BCUT2D eigenvalue weighted by molar-refractivity contribution is 9.10. The fourth-order valence-electron chi connectivity index (χ4n) is 1.58. The van der Waals surface area contributed by atoms with Crippen molar-refractivity contribution in [3.05, 3.63) is 28.2 Å². The van der Waals surface area contributed by atoms with E-state index in [0.29, 0.717) is 11.3 Å². The summed E-state index contributed by atoms with van der Waals surface area (Å²) in [5.74, 6) is -0.0478. The summed E-state index contributed by atoms with van der Waals surface area (Å²) in [4.78, 5) is 25.3. The maximum atomic E-state index is 12.1. The Balaban J connectivity index is 2.89. The molecule has 19 heavy (non-hydrogen) atoms. The van der Waals surface area contributed by atoms with Gasteiger partial charge in [0, 0.05) is 18.6 Å². The molecule has 0 saturated heterocycles. The molecule has 1 aromatic rings. The van der Waals surface area contributed by atoms with E-state index in [-0.39, 0.29) is 11.8 Å². The molecular formula is C13H17BrN2O3. The van der Waals surface area contributed by atoms with E-state index in [1.807, 2.05) is 0 Å². The van der Waals surface area contributed by atoms with Crippen LogP contribution in [0.15, 0.2) is 22.7 Å². The zero-order chi connectivity index (χ0) is 14.6. The Bertz CT molecular complexity index is 489. The van der Waals surface area contributed by atoms with Gasteiger partial charge >= 0.3 is 0 Å². The van der Waals surface area contributed by atoms with E-state index < -0.39 is 6.04 Å². The Hall–Kier alpha value is -1.56. The van der Waals surface area contributed by atoms with Crippen LogP contribution in [0, 0.1) is 0 Å². The molecule has 0 spiro atoms. The predicted octanol–water partition coefficient (Wildman–Crippen LogP) is 1.66. The smallest absolute Gasteiger partial charge is 0.255 e. The van der Waals surface area contributed by atoms with Crippen molar-refractivity contribution in [3.63, 3.8) is 0 Å². The molecule has 0 aliphatic heterocycles. The van der Waals surface area contributed by atoms with E-state index >= 15 is 0 Å². The van der Waals surface area contributed by atoms with Gasteiger partial charge in [0.25, 0.3) is 5.91 Å². The Morgan fingerprint density at radius 1 is 1.37 bits per heavy atom. The molecular weight excluding hydrogens is 312 g/mol. The zero-order valence-corrected chi connectivity index (χ0v) is 12.9. The monoisotopic (exact) mass is 328 g/mol. The minimum absolute atomic E-state index is 0.165. The molecule has 6 heteroatoms. The van der Waals surface area contributed by atoms with Gasteiger partial charge in [-0.25, -0.2) is 0 Å². The van der Waals surface area contributed by atoms with Crippen LogP contribution < -0.4 is 10.1 Å². The van der Waals surface area contributed by atoms with Gasteiger partial charge in [0.1, 0.15) is 11.8 Å². The largest absolute Gasteiger partial charge is 0.496 e. The number of ether oxygens (including phenoxy) is 1. The first kappa shape index (κ1) is 15.5. The molecule has 1 aromatic carbocycles. The fourth-order valence-corrected chi connectivity index (χ4v) is 1.94. The zero-order valence-electron chi connectivity index (χ0n) is 11.4. The topological polar surface area (TPSA) is 58.6 Å². The second-order valence-electron chi connectivity index (χ2n) is 4.27. The third kappa shape index (κ3) is 3.96. The van der Waals surface area contributed by atoms with Crippen molar-refractivity contribution in [2.24, 2.45) is 0 Å². The van der Waals surface area contributed by atoms with Crippen LogP contribution in [0.1, 0.15) is 17.3 Å². The molecule has 1 rings (SSSR count).